The summed E-state index contributed by atoms with van der Waals surface area (Å²) in [7, 11) is 1.38. The molecule has 238 valence electrons. The molecular formula is C31H38N2O10S. The van der Waals surface area contributed by atoms with Gasteiger partial charge in [-0.25, -0.2) is 9.78 Å². The van der Waals surface area contributed by atoms with Crippen molar-refractivity contribution in [1.82, 2.24) is 10.3 Å². The number of pyridine rings is 1. The van der Waals surface area contributed by atoms with Gasteiger partial charge in [-0.15, -0.1) is 11.8 Å². The van der Waals surface area contributed by atoms with Crippen LogP contribution in [0, 0.1) is 11.8 Å². The molecule has 4 atom stereocenters. The van der Waals surface area contributed by atoms with Crippen molar-refractivity contribution < 1.29 is 47.6 Å². The first-order valence-electron chi connectivity index (χ1n) is 14.5. The molecular weight excluding hydrogens is 592 g/mol. The quantitative estimate of drug-likeness (QED) is 0.208. The number of cyclic esters (lactones) is 2. The summed E-state index contributed by atoms with van der Waals surface area (Å²) < 4.78 is 33.5. The number of aromatic nitrogens is 1. The number of amides is 1. The maximum Gasteiger partial charge on any atom is 0.332 e. The highest BCUT2D eigenvalue weighted by atomic mass is 32.2. The van der Waals surface area contributed by atoms with Gasteiger partial charge in [0, 0.05) is 12.3 Å². The van der Waals surface area contributed by atoms with Gasteiger partial charge in [0.25, 0.3) is 5.91 Å². The van der Waals surface area contributed by atoms with Crippen molar-refractivity contribution in [3.05, 3.63) is 53.9 Å². The molecule has 12 nitrogen and oxygen atoms in total. The molecule has 0 spiro atoms. The molecule has 2 aliphatic rings. The summed E-state index contributed by atoms with van der Waals surface area (Å²) in [6.45, 7) is 0.703. The van der Waals surface area contributed by atoms with Crippen LogP contribution in [-0.2, 0) is 39.8 Å². The van der Waals surface area contributed by atoms with Crippen molar-refractivity contribution in [2.45, 2.75) is 57.3 Å². The van der Waals surface area contributed by atoms with E-state index in [9.17, 15) is 19.2 Å². The van der Waals surface area contributed by atoms with Crippen LogP contribution in [0.1, 0.15) is 48.7 Å². The Balaban J connectivity index is 1.49. The molecule has 44 heavy (non-hydrogen) atoms. The number of thioether (sulfide) groups is 1. The van der Waals surface area contributed by atoms with E-state index in [1.54, 1.807) is 6.92 Å². The molecule has 2 fully saturated rings. The van der Waals surface area contributed by atoms with Crippen LogP contribution in [0.25, 0.3) is 0 Å². The summed E-state index contributed by atoms with van der Waals surface area (Å²) in [5, 5.41) is 2.54. The first-order valence-corrected chi connectivity index (χ1v) is 15.9. The number of esters is 3. The Bertz CT molecular complexity index is 1290. The van der Waals surface area contributed by atoms with E-state index < -0.39 is 55.4 Å². The Morgan fingerprint density at radius 2 is 1.84 bits per heavy atom. The van der Waals surface area contributed by atoms with Gasteiger partial charge in [-0.3, -0.25) is 14.4 Å². The van der Waals surface area contributed by atoms with Crippen molar-refractivity contribution in [2.24, 2.45) is 11.8 Å². The lowest BCUT2D eigenvalue weighted by atomic mass is 9.91. The monoisotopic (exact) mass is 630 g/mol. The second-order valence-electron chi connectivity index (χ2n) is 10.5. The Morgan fingerprint density at radius 3 is 2.55 bits per heavy atom. The van der Waals surface area contributed by atoms with Crippen LogP contribution in [-0.4, -0.2) is 79.8 Å². The molecule has 1 aliphatic carbocycles. The largest absolute Gasteiger partial charge is 0.493 e. The number of nitrogens with zero attached hydrogens (tertiary/aromatic N) is 1. The molecule has 0 radical (unpaired) electrons. The van der Waals surface area contributed by atoms with E-state index >= 15 is 0 Å². The number of nitrogens with one attached hydrogen (secondary N) is 1. The SMILES string of the molecule is COc1ccnc(C(=O)N[C@H]2COC(=O)[C@H](Cc3ccccc3)[C@@H](OCSC)[C@H](C)OC2=O)c1OCOC(=O)C1CCCC1. The number of benzene rings is 1. The number of carbonyl (C=O) groups excluding carboxylic acids is 4. The Kier molecular flexibility index (Phi) is 12.2. The number of hydrogen-bond donors (Lipinski definition) is 1. The minimum atomic E-state index is -1.35. The lowest BCUT2D eigenvalue weighted by Crippen LogP contribution is -2.46. The van der Waals surface area contributed by atoms with Gasteiger partial charge in [0.1, 0.15) is 18.8 Å². The molecule has 0 unspecified atom stereocenters. The molecule has 13 heteroatoms. The number of hydrogen-bond acceptors (Lipinski definition) is 12. The van der Waals surface area contributed by atoms with Gasteiger partial charge in [0.05, 0.1) is 24.9 Å². The third-order valence-corrected chi connectivity index (χ3v) is 7.89. The zero-order valence-corrected chi connectivity index (χ0v) is 25.8. The van der Waals surface area contributed by atoms with Crippen LogP contribution in [0.2, 0.25) is 0 Å². The van der Waals surface area contributed by atoms with Gasteiger partial charge >= 0.3 is 17.9 Å². The van der Waals surface area contributed by atoms with Gasteiger partial charge < -0.3 is 33.7 Å². The van der Waals surface area contributed by atoms with Crippen LogP contribution < -0.4 is 14.8 Å². The molecule has 1 aromatic carbocycles. The third kappa shape index (κ3) is 8.63. The minimum Gasteiger partial charge on any atom is -0.493 e. The predicted molar refractivity (Wildman–Crippen MR) is 159 cm³/mol. The summed E-state index contributed by atoms with van der Waals surface area (Å²) in [5.74, 6) is -3.18. The Morgan fingerprint density at radius 1 is 1.09 bits per heavy atom. The van der Waals surface area contributed by atoms with Gasteiger partial charge in [-0.05, 0) is 38.0 Å². The van der Waals surface area contributed by atoms with E-state index in [-0.39, 0.29) is 35.0 Å². The van der Waals surface area contributed by atoms with E-state index in [0.717, 1.165) is 31.2 Å². The molecule has 4 rings (SSSR count). The van der Waals surface area contributed by atoms with E-state index in [4.69, 9.17) is 28.4 Å². The van der Waals surface area contributed by atoms with Gasteiger partial charge in [0.15, 0.2) is 23.2 Å². The highest BCUT2D eigenvalue weighted by Gasteiger charge is 2.40. The standard InChI is InChI=1S/C31H38N2O10S/c1-19-26(42-18-44-3)22(15-20-9-5-4-6-10-20)30(36)39-16-23(31(37)43-19)33-28(34)25-27(24(38-2)13-14-32-25)40-17-41-29(35)21-11-7-8-12-21/h4-6,9-10,13-14,19,21-23,26H,7-8,11-12,15-18H2,1-3H3,(H,33,34)/t19-,22+,23-,26-/m0/s1. The van der Waals surface area contributed by atoms with Crippen molar-refractivity contribution in [3.63, 3.8) is 0 Å². The fourth-order valence-electron chi connectivity index (χ4n) is 5.25. The topological polar surface area (TPSA) is 149 Å². The number of ether oxygens (including phenoxy) is 6. The number of rotatable bonds is 12. The molecule has 2 aromatic rings. The molecule has 1 saturated heterocycles. The fourth-order valence-corrected chi connectivity index (χ4v) is 5.54. The van der Waals surface area contributed by atoms with Crippen molar-refractivity contribution in [3.8, 4) is 11.5 Å². The summed E-state index contributed by atoms with van der Waals surface area (Å²) in [5.41, 5.74) is 0.664. The zero-order chi connectivity index (χ0) is 31.5. The second kappa shape index (κ2) is 16.3. The minimum absolute atomic E-state index is 0.0815. The lowest BCUT2D eigenvalue weighted by Gasteiger charge is -2.29. The molecule has 1 aromatic heterocycles. The average Bonchev–Trinajstić information content (AvgIpc) is 3.58. The maximum absolute atomic E-state index is 13.4. The van der Waals surface area contributed by atoms with Crippen molar-refractivity contribution in [1.29, 1.82) is 0 Å². The first-order chi connectivity index (χ1) is 21.3. The fraction of sp³-hybridized carbons (Fsp3) is 0.516. The van der Waals surface area contributed by atoms with Crippen molar-refractivity contribution in [2.75, 3.05) is 32.7 Å². The highest BCUT2D eigenvalue weighted by Crippen LogP contribution is 2.31. The van der Waals surface area contributed by atoms with E-state index in [1.165, 1.54) is 31.1 Å². The predicted octanol–water partition coefficient (Wildman–Crippen LogP) is 3.31. The van der Waals surface area contributed by atoms with Crippen LogP contribution in [0.4, 0.5) is 0 Å². The Labute approximate surface area is 260 Å². The van der Waals surface area contributed by atoms with Crippen LogP contribution in [0.5, 0.6) is 11.5 Å². The summed E-state index contributed by atoms with van der Waals surface area (Å²) >= 11 is 1.42. The molecule has 1 aliphatic heterocycles. The van der Waals surface area contributed by atoms with E-state index in [1.807, 2.05) is 36.6 Å². The molecule has 1 amide bonds. The van der Waals surface area contributed by atoms with E-state index in [0.29, 0.717) is 6.42 Å². The second-order valence-corrected chi connectivity index (χ2v) is 11.3. The smallest absolute Gasteiger partial charge is 0.332 e. The molecule has 2 heterocycles. The van der Waals surface area contributed by atoms with E-state index in [2.05, 4.69) is 10.3 Å². The number of carbonyl (C=O) groups is 4. The molecule has 1 N–H and O–H groups in total. The first kappa shape index (κ1) is 33.1. The van der Waals surface area contributed by atoms with Gasteiger partial charge in [-0.1, -0.05) is 43.2 Å². The molecule has 1 saturated carbocycles. The van der Waals surface area contributed by atoms with Crippen LogP contribution in [0.3, 0.4) is 0 Å². The summed E-state index contributed by atoms with van der Waals surface area (Å²) in [6, 6.07) is 9.51. The maximum atomic E-state index is 13.4. The van der Waals surface area contributed by atoms with Gasteiger partial charge in [0.2, 0.25) is 6.79 Å². The van der Waals surface area contributed by atoms with Crippen molar-refractivity contribution >= 4 is 35.6 Å². The normalized spacial score (nSPS) is 22.5. The average molecular weight is 631 g/mol. The third-order valence-electron chi connectivity index (χ3n) is 7.52. The van der Waals surface area contributed by atoms with Crippen LogP contribution >= 0.6 is 11.8 Å². The van der Waals surface area contributed by atoms with Crippen LogP contribution in [0.15, 0.2) is 42.6 Å². The van der Waals surface area contributed by atoms with Gasteiger partial charge in [-0.2, -0.15) is 0 Å². The number of methoxy groups -OCH3 is 1. The zero-order valence-electron chi connectivity index (χ0n) is 25.0. The summed E-state index contributed by atoms with van der Waals surface area (Å²) in [6.07, 6.45) is 5.33. The summed E-state index contributed by atoms with van der Waals surface area (Å²) in [4.78, 5) is 56.5. The Hall–Kier alpha value is -3.84. The lowest BCUT2D eigenvalue weighted by molar-refractivity contribution is -0.162. The molecule has 0 bridgehead atoms. The highest BCUT2D eigenvalue weighted by molar-refractivity contribution is 7.98.